The van der Waals surface area contributed by atoms with E-state index in [4.69, 9.17) is 0 Å². The molecule has 6 heteroatoms. The van der Waals surface area contributed by atoms with Crippen molar-refractivity contribution in [1.29, 1.82) is 0 Å². The zero-order valence-corrected chi connectivity index (χ0v) is 14.9. The van der Waals surface area contributed by atoms with Crippen molar-refractivity contribution >= 4 is 45.0 Å². The Kier molecular flexibility index (Phi) is 5.02. The van der Waals surface area contributed by atoms with Gasteiger partial charge in [0.1, 0.15) is 5.82 Å². The van der Waals surface area contributed by atoms with Crippen LogP contribution in [0.3, 0.4) is 0 Å². The summed E-state index contributed by atoms with van der Waals surface area (Å²) >= 11 is 3.55. The fourth-order valence-corrected chi connectivity index (χ4v) is 3.53. The zero-order valence-electron chi connectivity index (χ0n) is 11.9. The third-order valence-corrected chi connectivity index (χ3v) is 5.04. The number of carbonyl (C=O) groups excluding carboxylic acids is 1. The van der Waals surface area contributed by atoms with Crippen molar-refractivity contribution in [2.45, 2.75) is 6.42 Å². The molecule has 0 bridgehead atoms. The summed E-state index contributed by atoms with van der Waals surface area (Å²) in [7, 11) is 0. The lowest BCUT2D eigenvalue weighted by Crippen LogP contribution is -2.12. The molecule has 0 aliphatic heterocycles. The standard InChI is InChI=1S/C17H12FIN2OS/c18-12-7-5-11(6-8-12)9-13-10-20-17(23-13)21-16(22)14-3-1-2-4-15(14)19/h1-8,10H,9H2,(H,20,21,22). The molecule has 116 valence electrons. The van der Waals surface area contributed by atoms with Gasteiger partial charge in [-0.05, 0) is 52.4 Å². The van der Waals surface area contributed by atoms with Gasteiger partial charge in [-0.1, -0.05) is 24.3 Å². The normalized spacial score (nSPS) is 10.5. The molecule has 23 heavy (non-hydrogen) atoms. The lowest BCUT2D eigenvalue weighted by atomic mass is 10.1. The maximum Gasteiger partial charge on any atom is 0.258 e. The monoisotopic (exact) mass is 438 g/mol. The number of thiazole rings is 1. The Morgan fingerprint density at radius 3 is 2.65 bits per heavy atom. The van der Waals surface area contributed by atoms with Gasteiger partial charge >= 0.3 is 0 Å². The van der Waals surface area contributed by atoms with Gasteiger partial charge in [0.15, 0.2) is 5.13 Å². The summed E-state index contributed by atoms with van der Waals surface area (Å²) in [5.41, 5.74) is 1.63. The summed E-state index contributed by atoms with van der Waals surface area (Å²) in [4.78, 5) is 17.5. The maximum atomic E-state index is 12.9. The van der Waals surface area contributed by atoms with Crippen molar-refractivity contribution in [3.63, 3.8) is 0 Å². The zero-order chi connectivity index (χ0) is 16.2. The number of rotatable bonds is 4. The summed E-state index contributed by atoms with van der Waals surface area (Å²) in [5.74, 6) is -0.416. The van der Waals surface area contributed by atoms with Crippen LogP contribution in [0.15, 0.2) is 54.7 Å². The van der Waals surface area contributed by atoms with E-state index in [1.807, 2.05) is 18.2 Å². The number of nitrogens with one attached hydrogen (secondary N) is 1. The van der Waals surface area contributed by atoms with Crippen LogP contribution in [-0.2, 0) is 6.42 Å². The Labute approximate surface area is 150 Å². The predicted molar refractivity (Wildman–Crippen MR) is 98.4 cm³/mol. The van der Waals surface area contributed by atoms with E-state index in [0.717, 1.165) is 14.0 Å². The highest BCUT2D eigenvalue weighted by Gasteiger charge is 2.11. The van der Waals surface area contributed by atoms with E-state index < -0.39 is 0 Å². The number of hydrogen-bond donors (Lipinski definition) is 1. The van der Waals surface area contributed by atoms with Crippen molar-refractivity contribution in [2.75, 3.05) is 5.32 Å². The predicted octanol–water partition coefficient (Wildman–Crippen LogP) is 4.73. The van der Waals surface area contributed by atoms with E-state index in [0.29, 0.717) is 17.1 Å². The molecule has 0 spiro atoms. The van der Waals surface area contributed by atoms with Gasteiger partial charge in [0.05, 0.1) is 5.56 Å². The van der Waals surface area contributed by atoms with E-state index in [1.165, 1.54) is 23.5 Å². The van der Waals surface area contributed by atoms with Crippen LogP contribution < -0.4 is 5.32 Å². The average molecular weight is 438 g/mol. The molecule has 1 aromatic heterocycles. The maximum absolute atomic E-state index is 12.9. The Morgan fingerprint density at radius 2 is 1.91 bits per heavy atom. The SMILES string of the molecule is O=C(Nc1ncc(Cc2ccc(F)cc2)s1)c1ccccc1I. The van der Waals surface area contributed by atoms with E-state index in [2.05, 4.69) is 32.9 Å². The van der Waals surface area contributed by atoms with Gasteiger partial charge in [-0.2, -0.15) is 0 Å². The van der Waals surface area contributed by atoms with E-state index in [-0.39, 0.29) is 11.7 Å². The van der Waals surface area contributed by atoms with Crippen LogP contribution in [0.5, 0.6) is 0 Å². The first-order valence-corrected chi connectivity index (χ1v) is 8.76. The highest BCUT2D eigenvalue weighted by Crippen LogP contribution is 2.22. The molecule has 0 saturated heterocycles. The van der Waals surface area contributed by atoms with Gasteiger partial charge in [-0.15, -0.1) is 11.3 Å². The topological polar surface area (TPSA) is 42.0 Å². The number of anilines is 1. The number of nitrogens with zero attached hydrogens (tertiary/aromatic N) is 1. The first kappa shape index (κ1) is 16.1. The minimum Gasteiger partial charge on any atom is -0.298 e. The molecule has 3 aromatic rings. The molecule has 0 atom stereocenters. The van der Waals surface area contributed by atoms with Crippen molar-refractivity contribution in [3.8, 4) is 0 Å². The number of carbonyl (C=O) groups is 1. The molecular formula is C17H12FIN2OS. The molecule has 3 rings (SSSR count). The van der Waals surface area contributed by atoms with Crippen molar-refractivity contribution in [1.82, 2.24) is 4.98 Å². The Morgan fingerprint density at radius 1 is 1.17 bits per heavy atom. The van der Waals surface area contributed by atoms with Crippen molar-refractivity contribution in [3.05, 3.63) is 80.1 Å². The molecular weight excluding hydrogens is 426 g/mol. The van der Waals surface area contributed by atoms with Crippen molar-refractivity contribution < 1.29 is 9.18 Å². The van der Waals surface area contributed by atoms with Gasteiger partial charge in [-0.3, -0.25) is 10.1 Å². The second kappa shape index (κ2) is 7.18. The lowest BCUT2D eigenvalue weighted by Gasteiger charge is -2.03. The molecule has 0 aliphatic rings. The van der Waals surface area contributed by atoms with E-state index in [1.54, 1.807) is 24.4 Å². The molecule has 0 radical (unpaired) electrons. The number of benzene rings is 2. The molecule has 1 amide bonds. The van der Waals surface area contributed by atoms with Gasteiger partial charge in [0.2, 0.25) is 0 Å². The first-order valence-electron chi connectivity index (χ1n) is 6.87. The molecule has 3 nitrogen and oxygen atoms in total. The summed E-state index contributed by atoms with van der Waals surface area (Å²) in [6.07, 6.45) is 2.40. The van der Waals surface area contributed by atoms with Crippen LogP contribution in [0.4, 0.5) is 9.52 Å². The quantitative estimate of drug-likeness (QED) is 0.599. The molecule has 0 fully saturated rings. The van der Waals surface area contributed by atoms with Crippen LogP contribution >= 0.6 is 33.9 Å². The third kappa shape index (κ3) is 4.14. The summed E-state index contributed by atoms with van der Waals surface area (Å²) in [6, 6.07) is 13.8. The fraction of sp³-hybridized carbons (Fsp3) is 0.0588. The highest BCUT2D eigenvalue weighted by atomic mass is 127. The molecule has 1 N–H and O–H groups in total. The smallest absolute Gasteiger partial charge is 0.258 e. The van der Waals surface area contributed by atoms with Crippen LogP contribution in [-0.4, -0.2) is 10.9 Å². The largest absolute Gasteiger partial charge is 0.298 e. The van der Waals surface area contributed by atoms with E-state index >= 15 is 0 Å². The molecule has 2 aromatic carbocycles. The molecule has 0 saturated carbocycles. The van der Waals surface area contributed by atoms with Crippen molar-refractivity contribution in [2.24, 2.45) is 0 Å². The Balaban J connectivity index is 1.69. The highest BCUT2D eigenvalue weighted by molar-refractivity contribution is 14.1. The van der Waals surface area contributed by atoms with Gasteiger partial charge in [-0.25, -0.2) is 9.37 Å². The summed E-state index contributed by atoms with van der Waals surface area (Å²) < 4.78 is 13.8. The minimum absolute atomic E-state index is 0.169. The Hall–Kier alpha value is -1.80. The summed E-state index contributed by atoms with van der Waals surface area (Å²) in [6.45, 7) is 0. The lowest BCUT2D eigenvalue weighted by molar-refractivity contribution is 0.102. The fourth-order valence-electron chi connectivity index (χ4n) is 2.06. The van der Waals surface area contributed by atoms with Gasteiger partial charge in [0.25, 0.3) is 5.91 Å². The Bertz CT molecular complexity index is 833. The number of aromatic nitrogens is 1. The van der Waals surface area contributed by atoms with Crippen LogP contribution in [0.25, 0.3) is 0 Å². The third-order valence-electron chi connectivity index (χ3n) is 3.18. The second-order valence-electron chi connectivity index (χ2n) is 4.87. The second-order valence-corrected chi connectivity index (χ2v) is 7.15. The summed E-state index contributed by atoms with van der Waals surface area (Å²) in [5, 5.41) is 3.38. The van der Waals surface area contributed by atoms with Crippen LogP contribution in [0.2, 0.25) is 0 Å². The minimum atomic E-state index is -0.247. The van der Waals surface area contributed by atoms with Crippen LogP contribution in [0.1, 0.15) is 20.8 Å². The van der Waals surface area contributed by atoms with E-state index in [9.17, 15) is 9.18 Å². The van der Waals surface area contributed by atoms with Gasteiger partial charge in [0, 0.05) is 21.1 Å². The van der Waals surface area contributed by atoms with Crippen LogP contribution in [0, 0.1) is 9.39 Å². The molecule has 1 heterocycles. The number of hydrogen-bond acceptors (Lipinski definition) is 3. The average Bonchev–Trinajstić information content (AvgIpc) is 2.97. The molecule has 0 unspecified atom stereocenters. The number of amides is 1. The first-order chi connectivity index (χ1) is 11.1. The molecule has 0 aliphatic carbocycles. The van der Waals surface area contributed by atoms with Gasteiger partial charge < -0.3 is 0 Å². The number of halogens is 2.